The number of rotatable bonds is 7. The van der Waals surface area contributed by atoms with Crippen molar-refractivity contribution in [2.24, 2.45) is 5.92 Å². The highest BCUT2D eigenvalue weighted by molar-refractivity contribution is 6.03. The monoisotopic (exact) mass is 483 g/mol. The van der Waals surface area contributed by atoms with Gasteiger partial charge in [-0.2, -0.15) is 0 Å². The highest BCUT2D eigenvalue weighted by atomic mass is 19.1. The van der Waals surface area contributed by atoms with Gasteiger partial charge in [-0.25, -0.2) is 4.39 Å². The van der Waals surface area contributed by atoms with Gasteiger partial charge < -0.3 is 20.2 Å². The Morgan fingerprint density at radius 2 is 1.56 bits per heavy atom. The summed E-state index contributed by atoms with van der Waals surface area (Å²) in [6.07, 6.45) is -0.00787. The molecule has 0 saturated carbocycles. The number of amides is 1. The third kappa shape index (κ3) is 4.43. The van der Waals surface area contributed by atoms with Crippen LogP contribution in [0.5, 0.6) is 11.5 Å². The van der Waals surface area contributed by atoms with Crippen LogP contribution in [-0.4, -0.2) is 21.2 Å². The highest BCUT2D eigenvalue weighted by Crippen LogP contribution is 2.49. The summed E-state index contributed by atoms with van der Waals surface area (Å²) in [5.74, 6) is -1.21. The number of β-lactam (4-membered cyclic amide) rings is 1. The van der Waals surface area contributed by atoms with Crippen LogP contribution in [0.2, 0.25) is 0 Å². The highest BCUT2D eigenvalue weighted by Gasteiger charge is 2.50. The van der Waals surface area contributed by atoms with Crippen molar-refractivity contribution in [1.82, 2.24) is 0 Å². The molecule has 3 N–H and O–H groups in total. The number of aliphatic hydroxyl groups excluding tert-OH is 1. The molecule has 1 saturated heterocycles. The van der Waals surface area contributed by atoms with Gasteiger partial charge in [-0.05, 0) is 59.9 Å². The number of hydrogen-bond acceptors (Lipinski definition) is 4. The Kier molecular flexibility index (Phi) is 6.44. The van der Waals surface area contributed by atoms with E-state index in [-0.39, 0.29) is 23.1 Å². The van der Waals surface area contributed by atoms with Crippen molar-refractivity contribution in [3.05, 3.63) is 114 Å². The summed E-state index contributed by atoms with van der Waals surface area (Å²) in [6, 6.07) is 26.6. The van der Waals surface area contributed by atoms with Gasteiger partial charge in [-0.1, -0.05) is 66.7 Å². The van der Waals surface area contributed by atoms with Crippen LogP contribution in [0.15, 0.2) is 97.1 Å². The summed E-state index contributed by atoms with van der Waals surface area (Å²) in [7, 11) is 0. The van der Waals surface area contributed by atoms with Gasteiger partial charge in [0.2, 0.25) is 5.91 Å². The summed E-state index contributed by atoms with van der Waals surface area (Å²) < 4.78 is 14.7. The van der Waals surface area contributed by atoms with Crippen LogP contribution in [-0.2, 0) is 4.79 Å². The van der Waals surface area contributed by atoms with Gasteiger partial charge >= 0.3 is 0 Å². The van der Waals surface area contributed by atoms with E-state index < -0.39 is 23.9 Å². The third-order valence-electron chi connectivity index (χ3n) is 6.79. The number of phenols is 2. The standard InChI is InChI=1S/C30H26FNO4/c31-25-11-4-5-12-26(25)32-29(24(30(32)36)15-16-27(34)19-7-2-1-3-8-19)23-14-13-21(18-28(23)35)20-9-6-10-22(33)17-20/h1-14,17-18,24,27,29,33-35H,15-16H2/t24-,27+,29-/m1/s1. The van der Waals surface area contributed by atoms with E-state index >= 15 is 0 Å². The fourth-order valence-electron chi connectivity index (χ4n) is 4.94. The molecule has 0 radical (unpaired) electrons. The SMILES string of the molecule is O=C1[C@H](CC[C@H](O)c2ccccc2)[C@@H](c2ccc(-c3cccc(O)c3)cc2O)N1c1ccccc1F. The lowest BCUT2D eigenvalue weighted by Gasteiger charge is -2.48. The van der Waals surface area contributed by atoms with Gasteiger partial charge in [0.05, 0.1) is 23.8 Å². The lowest BCUT2D eigenvalue weighted by atomic mass is 9.77. The van der Waals surface area contributed by atoms with Crippen LogP contribution in [0.3, 0.4) is 0 Å². The Bertz CT molecular complexity index is 1390. The molecule has 3 atom stereocenters. The summed E-state index contributed by atoms with van der Waals surface area (Å²) in [4.78, 5) is 14.6. The predicted octanol–water partition coefficient (Wildman–Crippen LogP) is 6.12. The molecule has 1 aliphatic rings. The van der Waals surface area contributed by atoms with Crippen molar-refractivity contribution < 1.29 is 24.5 Å². The lowest BCUT2D eigenvalue weighted by molar-refractivity contribution is -0.131. The minimum atomic E-state index is -0.733. The molecule has 1 amide bonds. The largest absolute Gasteiger partial charge is 0.508 e. The van der Waals surface area contributed by atoms with Crippen LogP contribution in [0.25, 0.3) is 11.1 Å². The number of aliphatic hydroxyl groups is 1. The van der Waals surface area contributed by atoms with Gasteiger partial charge in [-0.3, -0.25) is 4.79 Å². The average Bonchev–Trinajstić information content (AvgIpc) is 2.89. The summed E-state index contributed by atoms with van der Waals surface area (Å²) in [5, 5.41) is 31.5. The van der Waals surface area contributed by atoms with Crippen molar-refractivity contribution >= 4 is 11.6 Å². The minimum absolute atomic E-state index is 0.0247. The molecule has 0 spiro atoms. The minimum Gasteiger partial charge on any atom is -0.508 e. The number of phenolic OH excluding ortho intramolecular Hbond substituents is 2. The third-order valence-corrected chi connectivity index (χ3v) is 6.79. The molecule has 182 valence electrons. The van der Waals surface area contributed by atoms with E-state index in [1.165, 1.54) is 11.0 Å². The zero-order valence-electron chi connectivity index (χ0n) is 19.5. The predicted molar refractivity (Wildman–Crippen MR) is 136 cm³/mol. The fraction of sp³-hybridized carbons (Fsp3) is 0.167. The number of aromatic hydroxyl groups is 2. The van der Waals surface area contributed by atoms with Crippen molar-refractivity contribution in [2.75, 3.05) is 4.90 Å². The molecule has 4 aromatic carbocycles. The van der Waals surface area contributed by atoms with E-state index in [0.29, 0.717) is 24.0 Å². The molecule has 36 heavy (non-hydrogen) atoms. The molecule has 0 aliphatic carbocycles. The fourth-order valence-corrected chi connectivity index (χ4v) is 4.94. The Hall–Kier alpha value is -4.16. The maximum atomic E-state index is 14.7. The second-order valence-electron chi connectivity index (χ2n) is 9.04. The first kappa shape index (κ1) is 23.6. The van der Waals surface area contributed by atoms with Gasteiger partial charge in [0.1, 0.15) is 17.3 Å². The molecule has 0 unspecified atom stereocenters. The van der Waals surface area contributed by atoms with Crippen LogP contribution < -0.4 is 4.90 Å². The number of nitrogens with zero attached hydrogens (tertiary/aromatic N) is 1. The van der Waals surface area contributed by atoms with E-state index in [9.17, 15) is 24.5 Å². The van der Waals surface area contributed by atoms with E-state index in [2.05, 4.69) is 0 Å². The number of benzene rings is 4. The van der Waals surface area contributed by atoms with E-state index in [0.717, 1.165) is 11.1 Å². The molecule has 1 fully saturated rings. The number of hydrogen-bond donors (Lipinski definition) is 3. The molecule has 1 aliphatic heterocycles. The van der Waals surface area contributed by atoms with E-state index in [4.69, 9.17) is 0 Å². The Morgan fingerprint density at radius 1 is 0.833 bits per heavy atom. The van der Waals surface area contributed by atoms with Crippen LogP contribution in [0.4, 0.5) is 10.1 Å². The normalized spacial score (nSPS) is 18.1. The molecule has 0 bridgehead atoms. The Labute approximate surface area is 208 Å². The maximum absolute atomic E-state index is 14.7. The number of carbonyl (C=O) groups is 1. The van der Waals surface area contributed by atoms with E-state index in [1.54, 1.807) is 48.5 Å². The van der Waals surface area contributed by atoms with Crippen molar-refractivity contribution in [3.63, 3.8) is 0 Å². The Morgan fingerprint density at radius 3 is 2.28 bits per heavy atom. The van der Waals surface area contributed by atoms with Crippen molar-refractivity contribution in [3.8, 4) is 22.6 Å². The van der Waals surface area contributed by atoms with Gasteiger partial charge in [0.25, 0.3) is 0 Å². The van der Waals surface area contributed by atoms with E-state index in [1.807, 2.05) is 42.5 Å². The average molecular weight is 484 g/mol. The molecular weight excluding hydrogens is 457 g/mol. The zero-order valence-corrected chi connectivity index (χ0v) is 19.5. The Balaban J connectivity index is 1.46. The number of para-hydroxylation sites is 1. The van der Waals surface area contributed by atoms with Crippen molar-refractivity contribution in [2.45, 2.75) is 25.0 Å². The van der Waals surface area contributed by atoms with Crippen LogP contribution in [0.1, 0.15) is 36.1 Å². The second kappa shape index (κ2) is 9.84. The molecular formula is C30H26FNO4. The summed E-state index contributed by atoms with van der Waals surface area (Å²) in [5.41, 5.74) is 2.86. The zero-order chi connectivity index (χ0) is 25.2. The van der Waals surface area contributed by atoms with Crippen LogP contribution in [0, 0.1) is 11.7 Å². The van der Waals surface area contributed by atoms with Crippen LogP contribution >= 0.6 is 0 Å². The quantitative estimate of drug-likeness (QED) is 0.277. The summed E-state index contributed by atoms with van der Waals surface area (Å²) in [6.45, 7) is 0. The van der Waals surface area contributed by atoms with Crippen molar-refractivity contribution in [1.29, 1.82) is 0 Å². The second-order valence-corrected chi connectivity index (χ2v) is 9.04. The van der Waals surface area contributed by atoms with Gasteiger partial charge in [0.15, 0.2) is 0 Å². The van der Waals surface area contributed by atoms with Gasteiger partial charge in [0, 0.05) is 5.56 Å². The first-order chi connectivity index (χ1) is 17.4. The molecule has 1 heterocycles. The molecule has 0 aromatic heterocycles. The molecule has 5 rings (SSSR count). The molecule has 4 aromatic rings. The number of halogens is 1. The summed E-state index contributed by atoms with van der Waals surface area (Å²) >= 11 is 0. The lowest BCUT2D eigenvalue weighted by Crippen LogP contribution is -2.55. The topological polar surface area (TPSA) is 81.0 Å². The first-order valence-corrected chi connectivity index (χ1v) is 11.9. The number of carbonyl (C=O) groups excluding carboxylic acids is 1. The molecule has 6 heteroatoms. The number of anilines is 1. The smallest absolute Gasteiger partial charge is 0.233 e. The first-order valence-electron chi connectivity index (χ1n) is 11.9. The van der Waals surface area contributed by atoms with Gasteiger partial charge in [-0.15, -0.1) is 0 Å². The molecule has 5 nitrogen and oxygen atoms in total. The maximum Gasteiger partial charge on any atom is 0.233 e.